The van der Waals surface area contributed by atoms with Crippen molar-refractivity contribution >= 4 is 16.5 Å². The zero-order valence-corrected chi connectivity index (χ0v) is 11.6. The second-order valence-corrected chi connectivity index (χ2v) is 5.76. The Balaban J connectivity index is 2.39. The van der Waals surface area contributed by atoms with Crippen LogP contribution in [0.4, 0.5) is 5.13 Å². The second-order valence-electron chi connectivity index (χ2n) is 4.65. The third kappa shape index (κ3) is 4.94. The number of hydrogen-bond donors (Lipinski definition) is 1. The van der Waals surface area contributed by atoms with E-state index in [4.69, 9.17) is 0 Å². The molecule has 0 unspecified atom stereocenters. The highest BCUT2D eigenvalue weighted by Crippen LogP contribution is 2.19. The van der Waals surface area contributed by atoms with Gasteiger partial charge < -0.3 is 10.2 Å². The van der Waals surface area contributed by atoms with E-state index in [-0.39, 0.29) is 0 Å². The maximum Gasteiger partial charge on any atom is 0.182 e. The maximum absolute atomic E-state index is 4.37. The number of rotatable bonds is 7. The van der Waals surface area contributed by atoms with Gasteiger partial charge in [0.1, 0.15) is 0 Å². The fraction of sp³-hybridized carbons (Fsp3) is 0.750. The Hall–Kier alpha value is -0.610. The van der Waals surface area contributed by atoms with Gasteiger partial charge in [-0.2, -0.15) is 0 Å². The molecule has 1 aromatic rings. The van der Waals surface area contributed by atoms with Crippen molar-refractivity contribution in [2.75, 3.05) is 25.5 Å². The molecule has 3 nitrogen and oxygen atoms in total. The molecular formula is C12H23N3S. The highest BCUT2D eigenvalue weighted by atomic mass is 32.1. The monoisotopic (exact) mass is 241 g/mol. The van der Waals surface area contributed by atoms with Gasteiger partial charge in [0, 0.05) is 30.7 Å². The van der Waals surface area contributed by atoms with Crippen LogP contribution in [-0.4, -0.2) is 30.0 Å². The van der Waals surface area contributed by atoms with Crippen LogP contribution in [0.15, 0.2) is 6.20 Å². The van der Waals surface area contributed by atoms with E-state index in [1.165, 1.54) is 4.88 Å². The summed E-state index contributed by atoms with van der Waals surface area (Å²) in [6.07, 6.45) is 3.13. The van der Waals surface area contributed by atoms with Crippen molar-refractivity contribution in [1.29, 1.82) is 0 Å². The molecule has 1 N–H and O–H groups in total. The Morgan fingerprint density at radius 1 is 1.50 bits per heavy atom. The van der Waals surface area contributed by atoms with Gasteiger partial charge in [-0.15, -0.1) is 11.3 Å². The molecule has 1 rings (SSSR count). The molecule has 1 heterocycles. The summed E-state index contributed by atoms with van der Waals surface area (Å²) in [6, 6.07) is 0. The zero-order valence-electron chi connectivity index (χ0n) is 10.8. The van der Waals surface area contributed by atoms with Gasteiger partial charge in [0.2, 0.25) is 0 Å². The van der Waals surface area contributed by atoms with Crippen LogP contribution in [0.5, 0.6) is 0 Å². The molecule has 0 atom stereocenters. The van der Waals surface area contributed by atoms with Crippen molar-refractivity contribution in [3.8, 4) is 0 Å². The molecule has 0 saturated heterocycles. The van der Waals surface area contributed by atoms with Gasteiger partial charge in [0.05, 0.1) is 0 Å². The summed E-state index contributed by atoms with van der Waals surface area (Å²) in [7, 11) is 2.17. The van der Waals surface area contributed by atoms with Crippen molar-refractivity contribution < 1.29 is 0 Å². The number of hydrogen-bond acceptors (Lipinski definition) is 4. The Morgan fingerprint density at radius 3 is 2.88 bits per heavy atom. The lowest BCUT2D eigenvalue weighted by atomic mass is 10.2. The van der Waals surface area contributed by atoms with E-state index in [1.54, 1.807) is 11.3 Å². The van der Waals surface area contributed by atoms with Crippen LogP contribution in [0, 0.1) is 5.92 Å². The Labute approximate surface area is 103 Å². The maximum atomic E-state index is 4.37. The predicted molar refractivity (Wildman–Crippen MR) is 72.1 cm³/mol. The first kappa shape index (κ1) is 13.5. The second kappa shape index (κ2) is 6.86. The molecule has 0 aromatic carbocycles. The standard InChI is InChI=1S/C12H23N3S/c1-5-6-13-12-14-7-11(16-12)9-15(4)8-10(2)3/h7,10H,5-6,8-9H2,1-4H3,(H,13,14). The van der Waals surface area contributed by atoms with Gasteiger partial charge in [0.25, 0.3) is 0 Å². The summed E-state index contributed by atoms with van der Waals surface area (Å²) in [4.78, 5) is 8.05. The summed E-state index contributed by atoms with van der Waals surface area (Å²) in [5.74, 6) is 0.718. The largest absolute Gasteiger partial charge is 0.362 e. The number of anilines is 1. The SMILES string of the molecule is CCCNc1ncc(CN(C)CC(C)C)s1. The molecule has 0 radical (unpaired) electrons. The van der Waals surface area contributed by atoms with Crippen LogP contribution in [0.2, 0.25) is 0 Å². The normalized spacial score (nSPS) is 11.4. The molecule has 16 heavy (non-hydrogen) atoms. The molecule has 1 aromatic heterocycles. The van der Waals surface area contributed by atoms with Gasteiger partial charge in [-0.25, -0.2) is 4.98 Å². The molecule has 92 valence electrons. The number of nitrogens with one attached hydrogen (secondary N) is 1. The summed E-state index contributed by atoms with van der Waals surface area (Å²) in [5, 5.41) is 4.37. The van der Waals surface area contributed by atoms with Crippen LogP contribution in [0.3, 0.4) is 0 Å². The zero-order chi connectivity index (χ0) is 12.0. The smallest absolute Gasteiger partial charge is 0.182 e. The topological polar surface area (TPSA) is 28.2 Å². The lowest BCUT2D eigenvalue weighted by Gasteiger charge is -2.17. The minimum atomic E-state index is 0.718. The summed E-state index contributed by atoms with van der Waals surface area (Å²) in [6.45, 7) is 9.81. The van der Waals surface area contributed by atoms with E-state index in [1.807, 2.05) is 6.20 Å². The van der Waals surface area contributed by atoms with Crippen LogP contribution >= 0.6 is 11.3 Å². The van der Waals surface area contributed by atoms with Crippen molar-refractivity contribution in [3.05, 3.63) is 11.1 Å². The molecular weight excluding hydrogens is 218 g/mol. The fourth-order valence-electron chi connectivity index (χ4n) is 1.65. The Morgan fingerprint density at radius 2 is 2.25 bits per heavy atom. The highest BCUT2D eigenvalue weighted by molar-refractivity contribution is 7.15. The first-order valence-electron chi connectivity index (χ1n) is 5.99. The van der Waals surface area contributed by atoms with Crippen LogP contribution in [0.1, 0.15) is 32.1 Å². The van der Waals surface area contributed by atoms with Crippen molar-refractivity contribution in [2.45, 2.75) is 33.7 Å². The van der Waals surface area contributed by atoms with E-state index in [0.717, 1.165) is 37.1 Å². The van der Waals surface area contributed by atoms with E-state index >= 15 is 0 Å². The summed E-state index contributed by atoms with van der Waals surface area (Å²) < 4.78 is 0. The lowest BCUT2D eigenvalue weighted by Crippen LogP contribution is -2.22. The molecule has 0 saturated carbocycles. The first-order valence-corrected chi connectivity index (χ1v) is 6.80. The molecule has 0 aliphatic carbocycles. The van der Waals surface area contributed by atoms with Gasteiger partial charge in [-0.1, -0.05) is 20.8 Å². The Kier molecular flexibility index (Phi) is 5.77. The van der Waals surface area contributed by atoms with Gasteiger partial charge in [-0.3, -0.25) is 0 Å². The van der Waals surface area contributed by atoms with E-state index in [9.17, 15) is 0 Å². The molecule has 0 spiro atoms. The predicted octanol–water partition coefficient (Wildman–Crippen LogP) is 3.05. The molecule has 0 amide bonds. The number of thiazole rings is 1. The summed E-state index contributed by atoms with van der Waals surface area (Å²) in [5.41, 5.74) is 0. The third-order valence-electron chi connectivity index (χ3n) is 2.18. The third-order valence-corrected chi connectivity index (χ3v) is 3.12. The fourth-order valence-corrected chi connectivity index (χ4v) is 2.57. The molecule has 0 bridgehead atoms. The Bertz CT molecular complexity index is 296. The van der Waals surface area contributed by atoms with Gasteiger partial charge >= 0.3 is 0 Å². The van der Waals surface area contributed by atoms with Gasteiger partial charge in [-0.05, 0) is 19.4 Å². The minimum absolute atomic E-state index is 0.718. The first-order chi connectivity index (χ1) is 7.61. The highest BCUT2D eigenvalue weighted by Gasteiger charge is 2.06. The molecule has 0 aliphatic rings. The van der Waals surface area contributed by atoms with Crippen molar-refractivity contribution in [1.82, 2.24) is 9.88 Å². The molecule has 0 aliphatic heterocycles. The lowest BCUT2D eigenvalue weighted by molar-refractivity contribution is 0.290. The average molecular weight is 241 g/mol. The van der Waals surface area contributed by atoms with E-state index < -0.39 is 0 Å². The van der Waals surface area contributed by atoms with Crippen molar-refractivity contribution in [2.24, 2.45) is 5.92 Å². The van der Waals surface area contributed by atoms with Gasteiger partial charge in [0.15, 0.2) is 5.13 Å². The quantitative estimate of drug-likeness (QED) is 0.795. The van der Waals surface area contributed by atoms with Crippen molar-refractivity contribution in [3.63, 3.8) is 0 Å². The average Bonchev–Trinajstić information content (AvgIpc) is 2.61. The van der Waals surface area contributed by atoms with E-state index in [2.05, 4.69) is 43.0 Å². The number of nitrogens with zero attached hydrogens (tertiary/aromatic N) is 2. The van der Waals surface area contributed by atoms with E-state index in [0.29, 0.717) is 0 Å². The molecule has 0 fully saturated rings. The minimum Gasteiger partial charge on any atom is -0.362 e. The van der Waals surface area contributed by atoms with Crippen LogP contribution in [-0.2, 0) is 6.54 Å². The van der Waals surface area contributed by atoms with Crippen LogP contribution in [0.25, 0.3) is 0 Å². The molecule has 4 heteroatoms. The van der Waals surface area contributed by atoms with Crippen LogP contribution < -0.4 is 5.32 Å². The summed E-state index contributed by atoms with van der Waals surface area (Å²) >= 11 is 1.76. The number of aromatic nitrogens is 1.